The van der Waals surface area contributed by atoms with E-state index in [1.807, 2.05) is 0 Å². The molecule has 0 radical (unpaired) electrons. The lowest BCUT2D eigenvalue weighted by atomic mass is 9.99. The second-order valence-electron chi connectivity index (χ2n) is 4.13. The molecule has 0 saturated carbocycles. The summed E-state index contributed by atoms with van der Waals surface area (Å²) in [6.45, 7) is 0.545. The zero-order chi connectivity index (χ0) is 13.8. The summed E-state index contributed by atoms with van der Waals surface area (Å²) in [6.07, 6.45) is -2.25. The number of hydrogen-bond donors (Lipinski definition) is 2. The van der Waals surface area contributed by atoms with Crippen LogP contribution in [0.1, 0.15) is 36.4 Å². The van der Waals surface area contributed by atoms with Gasteiger partial charge in [0.25, 0.3) is 0 Å². The number of nitrogens with two attached hydrogens (primary N) is 2. The molecule has 6 heteroatoms. The third-order valence-corrected chi connectivity index (χ3v) is 3.04. The highest BCUT2D eigenvalue weighted by Gasteiger charge is 2.31. The van der Waals surface area contributed by atoms with Crippen molar-refractivity contribution in [1.82, 2.24) is 0 Å². The Morgan fingerprint density at radius 3 is 2.44 bits per heavy atom. The molecule has 0 aliphatic carbocycles. The van der Waals surface area contributed by atoms with E-state index in [9.17, 15) is 13.2 Å². The summed E-state index contributed by atoms with van der Waals surface area (Å²) in [7, 11) is 0. The van der Waals surface area contributed by atoms with Crippen molar-refractivity contribution in [3.05, 3.63) is 34.3 Å². The average molecular weight is 281 g/mol. The molecule has 1 rings (SSSR count). The fraction of sp³-hybridized carbons (Fsp3) is 0.500. The van der Waals surface area contributed by atoms with Crippen molar-refractivity contribution in [3.63, 3.8) is 0 Å². The highest BCUT2D eigenvalue weighted by molar-refractivity contribution is 6.31. The van der Waals surface area contributed by atoms with Gasteiger partial charge in [-0.3, -0.25) is 0 Å². The molecule has 0 heterocycles. The van der Waals surface area contributed by atoms with Crippen LogP contribution in [-0.2, 0) is 6.18 Å². The average Bonchev–Trinajstić information content (AvgIpc) is 2.28. The Balaban J connectivity index is 2.86. The molecule has 0 aliphatic rings. The summed E-state index contributed by atoms with van der Waals surface area (Å²) in [5.41, 5.74) is 10.8. The lowest BCUT2D eigenvalue weighted by molar-refractivity contribution is -0.137. The fourth-order valence-electron chi connectivity index (χ4n) is 1.67. The Morgan fingerprint density at radius 1 is 1.22 bits per heavy atom. The monoisotopic (exact) mass is 280 g/mol. The van der Waals surface area contributed by atoms with Crippen molar-refractivity contribution >= 4 is 11.6 Å². The van der Waals surface area contributed by atoms with Crippen molar-refractivity contribution < 1.29 is 13.2 Å². The van der Waals surface area contributed by atoms with Crippen LogP contribution in [0.25, 0.3) is 0 Å². The first-order chi connectivity index (χ1) is 8.36. The van der Waals surface area contributed by atoms with Gasteiger partial charge in [-0.2, -0.15) is 13.2 Å². The van der Waals surface area contributed by atoms with E-state index in [4.69, 9.17) is 23.1 Å². The van der Waals surface area contributed by atoms with Crippen LogP contribution in [0.5, 0.6) is 0 Å². The number of hydrogen-bond acceptors (Lipinski definition) is 2. The van der Waals surface area contributed by atoms with Gasteiger partial charge in [-0.25, -0.2) is 0 Å². The van der Waals surface area contributed by atoms with Gasteiger partial charge in [0.2, 0.25) is 0 Å². The van der Waals surface area contributed by atoms with E-state index in [1.165, 1.54) is 6.07 Å². The van der Waals surface area contributed by atoms with Crippen molar-refractivity contribution in [2.45, 2.75) is 31.5 Å². The van der Waals surface area contributed by atoms with E-state index in [-0.39, 0.29) is 5.02 Å². The summed E-state index contributed by atoms with van der Waals surface area (Å²) in [6, 6.07) is 2.72. The molecule has 2 nitrogen and oxygen atoms in total. The Kier molecular flexibility index (Phi) is 5.44. The van der Waals surface area contributed by atoms with E-state index in [1.54, 1.807) is 0 Å². The van der Waals surface area contributed by atoms with Gasteiger partial charge in [0.1, 0.15) is 0 Å². The van der Waals surface area contributed by atoms with E-state index >= 15 is 0 Å². The van der Waals surface area contributed by atoms with Gasteiger partial charge in [0, 0.05) is 11.1 Å². The maximum Gasteiger partial charge on any atom is 0.416 e. The molecular weight excluding hydrogens is 265 g/mol. The van der Waals surface area contributed by atoms with E-state index in [0.717, 1.165) is 25.0 Å². The minimum Gasteiger partial charge on any atom is -0.330 e. The van der Waals surface area contributed by atoms with Crippen LogP contribution in [0.15, 0.2) is 18.2 Å². The van der Waals surface area contributed by atoms with Crippen molar-refractivity contribution in [2.24, 2.45) is 11.5 Å². The zero-order valence-electron chi connectivity index (χ0n) is 9.80. The second-order valence-corrected chi connectivity index (χ2v) is 4.53. The van der Waals surface area contributed by atoms with Crippen LogP contribution in [-0.4, -0.2) is 6.54 Å². The SMILES string of the molecule is NCCCC[C@@H](N)c1cc(C(F)(F)F)ccc1Cl. The molecule has 18 heavy (non-hydrogen) atoms. The standard InChI is InChI=1S/C12H16ClF3N2/c13-10-5-4-8(12(14,15)16)7-9(10)11(18)3-1-2-6-17/h4-5,7,11H,1-3,6,17-18H2/t11-/m1/s1. The first-order valence-electron chi connectivity index (χ1n) is 5.68. The summed E-state index contributed by atoms with van der Waals surface area (Å²) >= 11 is 5.88. The highest BCUT2D eigenvalue weighted by Crippen LogP contribution is 2.34. The summed E-state index contributed by atoms with van der Waals surface area (Å²) in [5.74, 6) is 0. The number of halogens is 4. The van der Waals surface area contributed by atoms with Crippen LogP contribution >= 0.6 is 11.6 Å². The predicted molar refractivity (Wildman–Crippen MR) is 66.3 cm³/mol. The molecule has 0 spiro atoms. The van der Waals surface area contributed by atoms with E-state index < -0.39 is 17.8 Å². The molecule has 0 aliphatic heterocycles. The van der Waals surface area contributed by atoms with E-state index in [2.05, 4.69) is 0 Å². The van der Waals surface area contributed by atoms with Gasteiger partial charge in [0.15, 0.2) is 0 Å². The Morgan fingerprint density at radius 2 is 1.89 bits per heavy atom. The zero-order valence-corrected chi connectivity index (χ0v) is 10.6. The Bertz CT molecular complexity index is 393. The Labute approximate surface area is 109 Å². The highest BCUT2D eigenvalue weighted by atomic mass is 35.5. The van der Waals surface area contributed by atoms with Crippen molar-refractivity contribution in [2.75, 3.05) is 6.54 Å². The third-order valence-electron chi connectivity index (χ3n) is 2.69. The Hall–Kier alpha value is -0.780. The summed E-state index contributed by atoms with van der Waals surface area (Å²) < 4.78 is 37.7. The lowest BCUT2D eigenvalue weighted by Crippen LogP contribution is -2.14. The molecule has 0 saturated heterocycles. The maximum absolute atomic E-state index is 12.6. The summed E-state index contributed by atoms with van der Waals surface area (Å²) in [4.78, 5) is 0. The fourth-order valence-corrected chi connectivity index (χ4v) is 1.93. The smallest absolute Gasteiger partial charge is 0.330 e. The van der Waals surface area contributed by atoms with Crippen LogP contribution in [0.2, 0.25) is 5.02 Å². The largest absolute Gasteiger partial charge is 0.416 e. The van der Waals surface area contributed by atoms with E-state index in [0.29, 0.717) is 18.5 Å². The molecule has 0 aromatic heterocycles. The molecule has 102 valence electrons. The topological polar surface area (TPSA) is 52.0 Å². The van der Waals surface area contributed by atoms with Gasteiger partial charge in [-0.1, -0.05) is 18.0 Å². The quantitative estimate of drug-likeness (QED) is 0.811. The normalized spacial score (nSPS) is 13.7. The van der Waals surface area contributed by atoms with Gasteiger partial charge >= 0.3 is 6.18 Å². The third kappa shape index (κ3) is 4.15. The molecule has 0 unspecified atom stereocenters. The second kappa shape index (κ2) is 6.41. The van der Waals surface area contributed by atoms with Gasteiger partial charge in [-0.05, 0) is 43.1 Å². The van der Waals surface area contributed by atoms with Crippen LogP contribution in [0, 0.1) is 0 Å². The number of unbranched alkanes of at least 4 members (excludes halogenated alkanes) is 1. The van der Waals surface area contributed by atoms with Gasteiger partial charge in [0.05, 0.1) is 5.56 Å². The minimum absolute atomic E-state index is 0.267. The number of alkyl halides is 3. The van der Waals surface area contributed by atoms with Gasteiger partial charge < -0.3 is 11.5 Å². The van der Waals surface area contributed by atoms with Crippen LogP contribution in [0.4, 0.5) is 13.2 Å². The maximum atomic E-state index is 12.6. The number of benzene rings is 1. The van der Waals surface area contributed by atoms with Gasteiger partial charge in [-0.15, -0.1) is 0 Å². The van der Waals surface area contributed by atoms with Crippen molar-refractivity contribution in [1.29, 1.82) is 0 Å². The first kappa shape index (κ1) is 15.3. The molecule has 1 aromatic carbocycles. The summed E-state index contributed by atoms with van der Waals surface area (Å²) in [5, 5.41) is 0.267. The molecule has 0 fully saturated rings. The van der Waals surface area contributed by atoms with Crippen molar-refractivity contribution in [3.8, 4) is 0 Å². The molecule has 4 N–H and O–H groups in total. The molecule has 0 bridgehead atoms. The minimum atomic E-state index is -4.38. The molecule has 1 atom stereocenters. The van der Waals surface area contributed by atoms with Crippen LogP contribution in [0.3, 0.4) is 0 Å². The van der Waals surface area contributed by atoms with Crippen LogP contribution < -0.4 is 11.5 Å². The number of rotatable bonds is 5. The predicted octanol–water partition coefficient (Wildman–Crippen LogP) is 3.49. The lowest BCUT2D eigenvalue weighted by Gasteiger charge is -2.16. The molecule has 0 amide bonds. The molecular formula is C12H16ClF3N2. The first-order valence-corrected chi connectivity index (χ1v) is 6.06. The molecule has 1 aromatic rings.